The molecule has 0 saturated heterocycles. The maximum Gasteiger partial charge on any atom is 0.116 e. The number of hydrogen-bond acceptors (Lipinski definition) is 0. The molecule has 1 heteroatoms. The summed E-state index contributed by atoms with van der Waals surface area (Å²) in [5.74, 6) is -0.443. The maximum absolute atomic E-state index is 12.3. The first-order valence-electron chi connectivity index (χ1n) is 3.42. The summed E-state index contributed by atoms with van der Waals surface area (Å²) in [7, 11) is 0. The summed E-state index contributed by atoms with van der Waals surface area (Å²) in [6, 6.07) is 0. The van der Waals surface area contributed by atoms with Gasteiger partial charge in [-0.3, -0.25) is 0 Å². The van der Waals surface area contributed by atoms with Crippen LogP contribution in [0.25, 0.3) is 0 Å². The van der Waals surface area contributed by atoms with E-state index in [1.165, 1.54) is 6.08 Å². The van der Waals surface area contributed by atoms with E-state index in [0.29, 0.717) is 0 Å². The third-order valence-electron chi connectivity index (χ3n) is 1.15. The second kappa shape index (κ2) is 4.67. The van der Waals surface area contributed by atoms with Crippen molar-refractivity contribution in [2.45, 2.75) is 13.8 Å². The van der Waals surface area contributed by atoms with Crippen LogP contribution in [0.4, 0.5) is 4.39 Å². The Morgan fingerprint density at radius 1 is 1.36 bits per heavy atom. The first kappa shape index (κ1) is 9.89. The van der Waals surface area contributed by atoms with Crippen molar-refractivity contribution >= 4 is 0 Å². The Morgan fingerprint density at radius 2 is 1.91 bits per heavy atom. The minimum absolute atomic E-state index is 0.443. The topological polar surface area (TPSA) is 0 Å². The van der Waals surface area contributed by atoms with E-state index in [9.17, 15) is 4.39 Å². The Labute approximate surface area is 67.4 Å². The number of halogens is 1. The molecule has 0 aromatic heterocycles. The van der Waals surface area contributed by atoms with Gasteiger partial charge in [0.1, 0.15) is 5.83 Å². The van der Waals surface area contributed by atoms with Crippen molar-refractivity contribution in [1.29, 1.82) is 0 Å². The van der Waals surface area contributed by atoms with E-state index in [2.05, 4.69) is 13.2 Å². The van der Waals surface area contributed by atoms with Gasteiger partial charge < -0.3 is 0 Å². The lowest BCUT2D eigenvalue weighted by molar-refractivity contribution is 0.670. The molecule has 0 unspecified atom stereocenters. The van der Waals surface area contributed by atoms with Gasteiger partial charge in [-0.2, -0.15) is 0 Å². The average molecular weight is 152 g/mol. The van der Waals surface area contributed by atoms with Gasteiger partial charge in [0.2, 0.25) is 0 Å². The molecule has 0 rings (SSSR count). The Balaban J connectivity index is 4.59. The average Bonchev–Trinajstić information content (AvgIpc) is 1.86. The van der Waals surface area contributed by atoms with Gasteiger partial charge in [0.05, 0.1) is 0 Å². The zero-order valence-corrected chi connectivity index (χ0v) is 7.02. The highest BCUT2D eigenvalue weighted by Crippen LogP contribution is 2.11. The minimum Gasteiger partial charge on any atom is -0.208 e. The lowest BCUT2D eigenvalue weighted by atomic mass is 10.1. The summed E-state index contributed by atoms with van der Waals surface area (Å²) >= 11 is 0. The van der Waals surface area contributed by atoms with E-state index in [0.717, 1.165) is 11.1 Å². The molecule has 60 valence electrons. The van der Waals surface area contributed by atoms with Crippen molar-refractivity contribution in [3.05, 3.63) is 48.4 Å². The highest BCUT2D eigenvalue weighted by molar-refractivity contribution is 5.39. The van der Waals surface area contributed by atoms with Crippen LogP contribution in [0.1, 0.15) is 13.8 Å². The predicted molar refractivity (Wildman–Crippen MR) is 48.0 cm³/mol. The normalized spacial score (nSPS) is 12.1. The molecule has 0 heterocycles. The zero-order chi connectivity index (χ0) is 8.85. The molecular formula is C10H13F. The molecular weight excluding hydrogens is 139 g/mol. The highest BCUT2D eigenvalue weighted by Gasteiger charge is 1.92. The van der Waals surface area contributed by atoms with Crippen LogP contribution in [-0.4, -0.2) is 0 Å². The van der Waals surface area contributed by atoms with Crippen LogP contribution in [0.5, 0.6) is 0 Å². The SMILES string of the molecule is C=C(F)/C=C(\C=C/C)C(=C)C. The third-order valence-corrected chi connectivity index (χ3v) is 1.15. The lowest BCUT2D eigenvalue weighted by Crippen LogP contribution is -1.78. The Hall–Kier alpha value is -1.11. The van der Waals surface area contributed by atoms with Crippen LogP contribution in [0.3, 0.4) is 0 Å². The number of rotatable bonds is 3. The van der Waals surface area contributed by atoms with Gasteiger partial charge in [-0.15, -0.1) is 0 Å². The zero-order valence-electron chi connectivity index (χ0n) is 7.02. The molecule has 0 aromatic rings. The second-order valence-corrected chi connectivity index (χ2v) is 2.33. The van der Waals surface area contributed by atoms with Crippen LogP contribution in [-0.2, 0) is 0 Å². The lowest BCUT2D eigenvalue weighted by Gasteiger charge is -1.97. The molecule has 0 aliphatic carbocycles. The molecule has 0 amide bonds. The van der Waals surface area contributed by atoms with E-state index in [1.54, 1.807) is 6.08 Å². The van der Waals surface area contributed by atoms with E-state index in [4.69, 9.17) is 0 Å². The highest BCUT2D eigenvalue weighted by atomic mass is 19.1. The van der Waals surface area contributed by atoms with Crippen LogP contribution in [0, 0.1) is 0 Å². The van der Waals surface area contributed by atoms with Gasteiger partial charge in [-0.25, -0.2) is 4.39 Å². The Bertz CT molecular complexity index is 219. The third kappa shape index (κ3) is 4.31. The van der Waals surface area contributed by atoms with Crippen LogP contribution in [0.15, 0.2) is 48.4 Å². The minimum atomic E-state index is -0.443. The fourth-order valence-electron chi connectivity index (χ4n) is 0.662. The van der Waals surface area contributed by atoms with E-state index < -0.39 is 5.83 Å². The molecule has 0 spiro atoms. The standard InChI is InChI=1S/C10H13F/c1-5-6-10(8(2)3)7-9(4)11/h5-7H,2,4H2,1,3H3/b6-5-,10-7+. The molecule has 11 heavy (non-hydrogen) atoms. The summed E-state index contributed by atoms with van der Waals surface area (Å²) in [5, 5.41) is 0. The summed E-state index contributed by atoms with van der Waals surface area (Å²) in [6.45, 7) is 10.5. The molecule has 0 radical (unpaired) electrons. The van der Waals surface area contributed by atoms with Crippen LogP contribution in [0.2, 0.25) is 0 Å². The molecule has 0 nitrogen and oxygen atoms in total. The fourth-order valence-corrected chi connectivity index (χ4v) is 0.662. The molecule has 0 atom stereocenters. The molecule has 0 N–H and O–H groups in total. The monoisotopic (exact) mass is 152 g/mol. The maximum atomic E-state index is 12.3. The molecule has 0 saturated carbocycles. The summed E-state index contributed by atoms with van der Waals surface area (Å²) in [4.78, 5) is 0. The largest absolute Gasteiger partial charge is 0.208 e. The van der Waals surface area contributed by atoms with E-state index in [1.807, 2.05) is 19.9 Å². The van der Waals surface area contributed by atoms with Crippen molar-refractivity contribution in [3.8, 4) is 0 Å². The van der Waals surface area contributed by atoms with Gasteiger partial charge in [0.25, 0.3) is 0 Å². The number of hydrogen-bond donors (Lipinski definition) is 0. The van der Waals surface area contributed by atoms with Crippen molar-refractivity contribution in [3.63, 3.8) is 0 Å². The van der Waals surface area contributed by atoms with Crippen molar-refractivity contribution in [2.24, 2.45) is 0 Å². The van der Waals surface area contributed by atoms with Gasteiger partial charge in [-0.05, 0) is 25.5 Å². The van der Waals surface area contributed by atoms with E-state index >= 15 is 0 Å². The van der Waals surface area contributed by atoms with Gasteiger partial charge >= 0.3 is 0 Å². The van der Waals surface area contributed by atoms with E-state index in [-0.39, 0.29) is 0 Å². The Kier molecular flexibility index (Phi) is 4.20. The van der Waals surface area contributed by atoms with Crippen molar-refractivity contribution < 1.29 is 4.39 Å². The van der Waals surface area contributed by atoms with Crippen molar-refractivity contribution in [1.82, 2.24) is 0 Å². The molecule has 0 aliphatic rings. The smallest absolute Gasteiger partial charge is 0.116 e. The van der Waals surface area contributed by atoms with Gasteiger partial charge in [0, 0.05) is 0 Å². The van der Waals surface area contributed by atoms with Crippen LogP contribution >= 0.6 is 0 Å². The van der Waals surface area contributed by atoms with Crippen LogP contribution < -0.4 is 0 Å². The number of allylic oxidation sites excluding steroid dienone is 6. The predicted octanol–water partition coefficient (Wildman–Crippen LogP) is 3.55. The molecule has 0 bridgehead atoms. The molecule has 0 fully saturated rings. The van der Waals surface area contributed by atoms with Crippen molar-refractivity contribution in [2.75, 3.05) is 0 Å². The fraction of sp³-hybridized carbons (Fsp3) is 0.200. The quantitative estimate of drug-likeness (QED) is 0.542. The van der Waals surface area contributed by atoms with Gasteiger partial charge in [-0.1, -0.05) is 30.9 Å². The summed E-state index contributed by atoms with van der Waals surface area (Å²) in [6.07, 6.45) is 5.00. The Morgan fingerprint density at radius 3 is 2.18 bits per heavy atom. The first-order chi connectivity index (χ1) is 5.07. The van der Waals surface area contributed by atoms with Gasteiger partial charge in [0.15, 0.2) is 0 Å². The summed E-state index contributed by atoms with van der Waals surface area (Å²) in [5.41, 5.74) is 1.61. The first-order valence-corrected chi connectivity index (χ1v) is 3.42. The second-order valence-electron chi connectivity index (χ2n) is 2.33. The summed E-state index contributed by atoms with van der Waals surface area (Å²) < 4.78 is 12.3. The molecule has 0 aliphatic heterocycles. The molecule has 0 aromatic carbocycles.